The molecule has 0 aromatic carbocycles. The summed E-state index contributed by atoms with van der Waals surface area (Å²) >= 11 is 0. The van der Waals surface area contributed by atoms with Gasteiger partial charge in [0.05, 0.1) is 12.1 Å². The molecule has 1 aliphatic rings. The van der Waals surface area contributed by atoms with Crippen LogP contribution in [0.2, 0.25) is 0 Å². The zero-order chi connectivity index (χ0) is 11.4. The van der Waals surface area contributed by atoms with Gasteiger partial charge in [-0.3, -0.25) is 0 Å². The standard InChI is InChI=1S/C8H14N2O5/c11-6-3-4(9-7(12)13)1-2-5(6)10-8(14)15/h4-6,9-11H,1-3H2,(H,12,13)(H,14,15)/t4-,5-,6+/m1/s1. The highest BCUT2D eigenvalue weighted by Gasteiger charge is 2.30. The molecule has 1 rings (SSSR count). The van der Waals surface area contributed by atoms with E-state index in [-0.39, 0.29) is 12.5 Å². The van der Waals surface area contributed by atoms with E-state index in [0.29, 0.717) is 12.8 Å². The average Bonchev–Trinajstić information content (AvgIpc) is 2.08. The molecule has 5 N–H and O–H groups in total. The number of amides is 2. The number of aliphatic hydroxyl groups excluding tert-OH is 1. The van der Waals surface area contributed by atoms with Crippen LogP contribution in [0.5, 0.6) is 0 Å². The van der Waals surface area contributed by atoms with Gasteiger partial charge in [0.2, 0.25) is 0 Å². The van der Waals surface area contributed by atoms with Crippen molar-refractivity contribution in [3.63, 3.8) is 0 Å². The van der Waals surface area contributed by atoms with Crippen molar-refractivity contribution in [3.05, 3.63) is 0 Å². The predicted molar refractivity (Wildman–Crippen MR) is 49.8 cm³/mol. The van der Waals surface area contributed by atoms with E-state index >= 15 is 0 Å². The second-order valence-corrected chi connectivity index (χ2v) is 3.58. The SMILES string of the molecule is O=C(O)N[C@@H]1CC[C@@H](NC(=O)O)[C@@H](O)C1. The van der Waals surface area contributed by atoms with Crippen molar-refractivity contribution in [2.24, 2.45) is 0 Å². The van der Waals surface area contributed by atoms with Crippen molar-refractivity contribution in [1.29, 1.82) is 0 Å². The Kier molecular flexibility index (Phi) is 3.73. The molecule has 0 aromatic rings. The van der Waals surface area contributed by atoms with E-state index in [0.717, 1.165) is 0 Å². The molecule has 2 amide bonds. The third-order valence-electron chi connectivity index (χ3n) is 2.45. The maximum absolute atomic E-state index is 10.3. The van der Waals surface area contributed by atoms with Crippen molar-refractivity contribution in [2.45, 2.75) is 37.5 Å². The molecule has 0 bridgehead atoms. The maximum atomic E-state index is 10.3. The lowest BCUT2D eigenvalue weighted by molar-refractivity contribution is 0.0732. The Labute approximate surface area is 86.1 Å². The van der Waals surface area contributed by atoms with Crippen LogP contribution in [0.25, 0.3) is 0 Å². The molecule has 0 saturated heterocycles. The molecule has 7 heteroatoms. The highest BCUT2D eigenvalue weighted by Crippen LogP contribution is 2.19. The second-order valence-electron chi connectivity index (χ2n) is 3.58. The molecule has 7 nitrogen and oxygen atoms in total. The van der Waals surface area contributed by atoms with Gasteiger partial charge in [-0.1, -0.05) is 0 Å². The third kappa shape index (κ3) is 3.62. The first-order valence-corrected chi connectivity index (χ1v) is 4.66. The van der Waals surface area contributed by atoms with E-state index in [1.165, 1.54) is 0 Å². The van der Waals surface area contributed by atoms with Gasteiger partial charge >= 0.3 is 12.2 Å². The van der Waals surface area contributed by atoms with Crippen LogP contribution in [-0.2, 0) is 0 Å². The minimum atomic E-state index is -1.18. The molecule has 0 radical (unpaired) electrons. The molecule has 1 fully saturated rings. The first-order chi connectivity index (χ1) is 6.99. The smallest absolute Gasteiger partial charge is 0.404 e. The fourth-order valence-electron chi connectivity index (χ4n) is 1.78. The van der Waals surface area contributed by atoms with Gasteiger partial charge in [-0.2, -0.15) is 0 Å². The average molecular weight is 218 g/mol. The predicted octanol–water partition coefficient (Wildman–Crippen LogP) is -0.196. The molecule has 1 aliphatic carbocycles. The third-order valence-corrected chi connectivity index (χ3v) is 2.45. The van der Waals surface area contributed by atoms with Crippen molar-refractivity contribution in [2.75, 3.05) is 0 Å². The fraction of sp³-hybridized carbons (Fsp3) is 0.750. The number of nitrogens with one attached hydrogen (secondary N) is 2. The lowest BCUT2D eigenvalue weighted by atomic mass is 9.89. The normalized spacial score (nSPS) is 30.6. The molecule has 0 aromatic heterocycles. The number of hydrogen-bond acceptors (Lipinski definition) is 3. The highest BCUT2D eigenvalue weighted by molar-refractivity contribution is 5.65. The monoisotopic (exact) mass is 218 g/mol. The van der Waals surface area contributed by atoms with E-state index < -0.39 is 24.3 Å². The first-order valence-electron chi connectivity index (χ1n) is 4.66. The Morgan fingerprint density at radius 2 is 1.67 bits per heavy atom. The number of aliphatic hydroxyl groups is 1. The van der Waals surface area contributed by atoms with Gasteiger partial charge in [-0.15, -0.1) is 0 Å². The Balaban J connectivity index is 2.40. The summed E-state index contributed by atoms with van der Waals surface area (Å²) in [7, 11) is 0. The van der Waals surface area contributed by atoms with Crippen molar-refractivity contribution in [1.82, 2.24) is 10.6 Å². The fourth-order valence-corrected chi connectivity index (χ4v) is 1.78. The van der Waals surface area contributed by atoms with Crippen molar-refractivity contribution in [3.8, 4) is 0 Å². The summed E-state index contributed by atoms with van der Waals surface area (Å²) in [4.78, 5) is 20.7. The maximum Gasteiger partial charge on any atom is 0.404 e. The molecule has 86 valence electrons. The lowest BCUT2D eigenvalue weighted by Crippen LogP contribution is -2.51. The van der Waals surface area contributed by atoms with Gasteiger partial charge in [0.1, 0.15) is 0 Å². The van der Waals surface area contributed by atoms with Gasteiger partial charge in [0, 0.05) is 6.04 Å². The molecule has 0 spiro atoms. The van der Waals surface area contributed by atoms with Gasteiger partial charge in [0.25, 0.3) is 0 Å². The number of carbonyl (C=O) groups is 2. The van der Waals surface area contributed by atoms with Gasteiger partial charge in [-0.05, 0) is 19.3 Å². The van der Waals surface area contributed by atoms with Crippen LogP contribution in [0.4, 0.5) is 9.59 Å². The largest absolute Gasteiger partial charge is 0.465 e. The topological polar surface area (TPSA) is 119 Å². The Morgan fingerprint density at radius 1 is 1.07 bits per heavy atom. The molecule has 0 heterocycles. The van der Waals surface area contributed by atoms with E-state index in [4.69, 9.17) is 10.2 Å². The van der Waals surface area contributed by atoms with E-state index in [2.05, 4.69) is 10.6 Å². The Morgan fingerprint density at radius 3 is 2.13 bits per heavy atom. The summed E-state index contributed by atoms with van der Waals surface area (Å²) < 4.78 is 0. The quantitative estimate of drug-likeness (QED) is 0.440. The second kappa shape index (κ2) is 4.83. The van der Waals surface area contributed by atoms with Gasteiger partial charge in [-0.25, -0.2) is 9.59 Å². The Hall–Kier alpha value is -1.50. The van der Waals surface area contributed by atoms with Crippen LogP contribution in [0, 0.1) is 0 Å². The molecule has 3 atom stereocenters. The summed E-state index contributed by atoms with van der Waals surface area (Å²) in [6.45, 7) is 0. The molecular formula is C8H14N2O5. The number of hydrogen-bond donors (Lipinski definition) is 5. The van der Waals surface area contributed by atoms with Crippen LogP contribution in [0.3, 0.4) is 0 Å². The Bertz CT molecular complexity index is 257. The molecule has 0 unspecified atom stereocenters. The van der Waals surface area contributed by atoms with E-state index in [1.807, 2.05) is 0 Å². The molecule has 15 heavy (non-hydrogen) atoms. The van der Waals surface area contributed by atoms with E-state index in [1.54, 1.807) is 0 Å². The molecule has 0 aliphatic heterocycles. The minimum Gasteiger partial charge on any atom is -0.465 e. The highest BCUT2D eigenvalue weighted by atomic mass is 16.4. The summed E-state index contributed by atoms with van der Waals surface area (Å²) in [6.07, 6.45) is -1.96. The summed E-state index contributed by atoms with van der Waals surface area (Å²) in [6, 6.07) is -0.807. The zero-order valence-electron chi connectivity index (χ0n) is 8.01. The minimum absolute atomic E-state index is 0.233. The lowest BCUT2D eigenvalue weighted by Gasteiger charge is -2.32. The van der Waals surface area contributed by atoms with Crippen LogP contribution < -0.4 is 10.6 Å². The van der Waals surface area contributed by atoms with Crippen LogP contribution in [-0.4, -0.2) is 45.7 Å². The molecular weight excluding hydrogens is 204 g/mol. The molecule has 1 saturated carbocycles. The van der Waals surface area contributed by atoms with Crippen LogP contribution in [0.15, 0.2) is 0 Å². The zero-order valence-corrected chi connectivity index (χ0v) is 8.01. The van der Waals surface area contributed by atoms with Gasteiger partial charge < -0.3 is 26.0 Å². The number of carboxylic acid groups (broad SMARTS) is 2. The van der Waals surface area contributed by atoms with E-state index in [9.17, 15) is 14.7 Å². The van der Waals surface area contributed by atoms with Crippen LogP contribution >= 0.6 is 0 Å². The van der Waals surface area contributed by atoms with Crippen molar-refractivity contribution >= 4 is 12.2 Å². The van der Waals surface area contributed by atoms with Crippen LogP contribution in [0.1, 0.15) is 19.3 Å². The van der Waals surface area contributed by atoms with Crippen molar-refractivity contribution < 1.29 is 24.9 Å². The number of rotatable bonds is 2. The summed E-state index contributed by atoms with van der Waals surface area (Å²) in [5.41, 5.74) is 0. The summed E-state index contributed by atoms with van der Waals surface area (Å²) in [5.74, 6) is 0. The first kappa shape index (κ1) is 11.6. The summed E-state index contributed by atoms with van der Waals surface area (Å²) in [5, 5.41) is 30.9. The van der Waals surface area contributed by atoms with Gasteiger partial charge in [0.15, 0.2) is 0 Å².